The predicted octanol–water partition coefficient (Wildman–Crippen LogP) is 2.81. The van der Waals surface area contributed by atoms with Crippen molar-refractivity contribution in [2.75, 3.05) is 0 Å². The molecule has 2 rings (SSSR count). The van der Waals surface area contributed by atoms with Crippen molar-refractivity contribution in [1.29, 1.82) is 0 Å². The van der Waals surface area contributed by atoms with Gasteiger partial charge in [-0.25, -0.2) is 0 Å². The molecule has 0 aliphatic heterocycles. The summed E-state index contributed by atoms with van der Waals surface area (Å²) in [7, 11) is -3.62. The standard InChI is InChI=1S/C12H13BrN2O2S/c1-8-4-9(2)12(10(3)5-8)18(16,17)15-7-11(13)6-14-15/h4-7H,1-3H3. The fraction of sp³-hybridized carbons (Fsp3) is 0.250. The summed E-state index contributed by atoms with van der Waals surface area (Å²) in [5, 5.41) is 3.85. The maximum atomic E-state index is 12.5. The maximum Gasteiger partial charge on any atom is 0.283 e. The molecule has 0 unspecified atom stereocenters. The molecule has 0 spiro atoms. The number of hydrogen-bond donors (Lipinski definition) is 0. The van der Waals surface area contributed by atoms with E-state index in [1.54, 1.807) is 13.8 Å². The van der Waals surface area contributed by atoms with Crippen molar-refractivity contribution in [3.63, 3.8) is 0 Å². The molecule has 1 aromatic carbocycles. The smallest absolute Gasteiger partial charge is 0.199 e. The monoisotopic (exact) mass is 328 g/mol. The van der Waals surface area contributed by atoms with E-state index >= 15 is 0 Å². The maximum absolute atomic E-state index is 12.5. The molecule has 0 aliphatic rings. The second-order valence-corrected chi connectivity index (χ2v) is 6.91. The Hall–Kier alpha value is -1.14. The van der Waals surface area contributed by atoms with Gasteiger partial charge in [-0.15, -0.1) is 0 Å². The van der Waals surface area contributed by atoms with Gasteiger partial charge in [-0.2, -0.15) is 17.6 Å². The molecule has 0 bridgehead atoms. The minimum absolute atomic E-state index is 0.323. The van der Waals surface area contributed by atoms with Crippen LogP contribution < -0.4 is 0 Å². The highest BCUT2D eigenvalue weighted by Gasteiger charge is 2.22. The van der Waals surface area contributed by atoms with Gasteiger partial charge in [0.25, 0.3) is 10.0 Å². The molecule has 0 radical (unpaired) electrons. The van der Waals surface area contributed by atoms with Crippen molar-refractivity contribution in [3.8, 4) is 0 Å². The van der Waals surface area contributed by atoms with Gasteiger partial charge in [0.2, 0.25) is 0 Å². The number of aryl methyl sites for hydroxylation is 3. The van der Waals surface area contributed by atoms with Gasteiger partial charge in [-0.05, 0) is 47.8 Å². The van der Waals surface area contributed by atoms with E-state index in [1.807, 2.05) is 19.1 Å². The molecule has 2 aromatic rings. The summed E-state index contributed by atoms with van der Waals surface area (Å²) < 4.78 is 26.6. The molecule has 0 N–H and O–H groups in total. The zero-order valence-corrected chi connectivity index (χ0v) is 12.7. The van der Waals surface area contributed by atoms with E-state index in [4.69, 9.17) is 0 Å². The normalized spacial score (nSPS) is 11.8. The van der Waals surface area contributed by atoms with Crippen LogP contribution >= 0.6 is 15.9 Å². The minimum Gasteiger partial charge on any atom is -0.199 e. The van der Waals surface area contributed by atoms with Crippen LogP contribution in [0.3, 0.4) is 0 Å². The third-order valence-electron chi connectivity index (χ3n) is 2.64. The first-order chi connectivity index (χ1) is 8.32. The molecule has 18 heavy (non-hydrogen) atoms. The van der Waals surface area contributed by atoms with E-state index in [0.29, 0.717) is 9.37 Å². The summed E-state index contributed by atoms with van der Waals surface area (Å²) in [4.78, 5) is 0.323. The summed E-state index contributed by atoms with van der Waals surface area (Å²) in [6.45, 7) is 5.54. The highest BCUT2D eigenvalue weighted by Crippen LogP contribution is 2.24. The quantitative estimate of drug-likeness (QED) is 0.851. The Morgan fingerprint density at radius 2 is 1.72 bits per heavy atom. The van der Waals surface area contributed by atoms with E-state index in [9.17, 15) is 8.42 Å². The summed E-state index contributed by atoms with van der Waals surface area (Å²) in [5.74, 6) is 0. The van der Waals surface area contributed by atoms with Gasteiger partial charge in [0, 0.05) is 0 Å². The third kappa shape index (κ3) is 2.22. The van der Waals surface area contributed by atoms with Crippen LogP contribution in [0.1, 0.15) is 16.7 Å². The number of halogens is 1. The number of hydrogen-bond acceptors (Lipinski definition) is 3. The van der Waals surface area contributed by atoms with E-state index < -0.39 is 10.0 Å². The van der Waals surface area contributed by atoms with E-state index in [-0.39, 0.29) is 0 Å². The third-order valence-corrected chi connectivity index (χ3v) is 4.90. The molecule has 0 saturated carbocycles. The van der Waals surface area contributed by atoms with Gasteiger partial charge < -0.3 is 0 Å². The molecule has 96 valence electrons. The highest BCUT2D eigenvalue weighted by atomic mass is 79.9. The lowest BCUT2D eigenvalue weighted by atomic mass is 10.1. The Balaban J connectivity index is 2.69. The van der Waals surface area contributed by atoms with Gasteiger partial charge in [0.15, 0.2) is 0 Å². The van der Waals surface area contributed by atoms with Crippen LogP contribution in [0.25, 0.3) is 0 Å². The minimum atomic E-state index is -3.62. The highest BCUT2D eigenvalue weighted by molar-refractivity contribution is 9.10. The second-order valence-electron chi connectivity index (χ2n) is 4.26. The van der Waals surface area contributed by atoms with Gasteiger partial charge in [0.05, 0.1) is 21.8 Å². The van der Waals surface area contributed by atoms with Crippen molar-refractivity contribution >= 4 is 26.0 Å². The average molecular weight is 329 g/mol. The molecule has 0 saturated heterocycles. The fourth-order valence-corrected chi connectivity index (χ4v) is 4.05. The first-order valence-electron chi connectivity index (χ1n) is 5.36. The zero-order valence-electron chi connectivity index (χ0n) is 10.3. The van der Waals surface area contributed by atoms with Gasteiger partial charge in [-0.3, -0.25) is 0 Å². The molecule has 1 heterocycles. The van der Waals surface area contributed by atoms with Crippen LogP contribution in [0, 0.1) is 20.8 Å². The van der Waals surface area contributed by atoms with Crippen molar-refractivity contribution in [2.45, 2.75) is 25.7 Å². The van der Waals surface area contributed by atoms with Crippen molar-refractivity contribution in [2.24, 2.45) is 0 Å². The molecular formula is C12H13BrN2O2S. The van der Waals surface area contributed by atoms with Crippen LogP contribution in [0.15, 0.2) is 33.9 Å². The van der Waals surface area contributed by atoms with Gasteiger partial charge >= 0.3 is 0 Å². The molecule has 0 aliphatic carbocycles. The second kappa shape index (κ2) is 4.51. The van der Waals surface area contributed by atoms with Crippen LogP contribution in [0.2, 0.25) is 0 Å². The molecule has 1 aromatic heterocycles. The Morgan fingerprint density at radius 1 is 1.17 bits per heavy atom. The molecule has 6 heteroatoms. The molecule has 0 fully saturated rings. The summed E-state index contributed by atoms with van der Waals surface area (Å²) in [6.07, 6.45) is 2.89. The molecule has 0 atom stereocenters. The van der Waals surface area contributed by atoms with Gasteiger partial charge in [-0.1, -0.05) is 17.7 Å². The zero-order chi connectivity index (χ0) is 13.5. The Labute approximate surface area is 115 Å². The summed E-state index contributed by atoms with van der Waals surface area (Å²) >= 11 is 3.20. The summed E-state index contributed by atoms with van der Waals surface area (Å²) in [5.41, 5.74) is 2.52. The molecule has 4 nitrogen and oxygen atoms in total. The van der Waals surface area contributed by atoms with Crippen molar-refractivity contribution in [3.05, 3.63) is 45.7 Å². The Bertz CT molecular complexity index is 682. The lowest BCUT2D eigenvalue weighted by Gasteiger charge is -2.11. The van der Waals surface area contributed by atoms with Crippen LogP contribution in [0.5, 0.6) is 0 Å². The van der Waals surface area contributed by atoms with E-state index in [0.717, 1.165) is 20.8 Å². The largest absolute Gasteiger partial charge is 0.283 e. The summed E-state index contributed by atoms with van der Waals surface area (Å²) in [6, 6.07) is 3.72. The van der Waals surface area contributed by atoms with E-state index in [2.05, 4.69) is 21.0 Å². The lowest BCUT2D eigenvalue weighted by Crippen LogP contribution is -2.16. The van der Waals surface area contributed by atoms with Crippen LogP contribution in [0.4, 0.5) is 0 Å². The van der Waals surface area contributed by atoms with Crippen molar-refractivity contribution < 1.29 is 8.42 Å². The first-order valence-corrected chi connectivity index (χ1v) is 7.59. The van der Waals surface area contributed by atoms with E-state index in [1.165, 1.54) is 12.4 Å². The number of aromatic nitrogens is 2. The number of benzene rings is 1. The van der Waals surface area contributed by atoms with Gasteiger partial charge in [0.1, 0.15) is 0 Å². The molecule has 0 amide bonds. The topological polar surface area (TPSA) is 52.0 Å². The average Bonchev–Trinajstić information content (AvgIpc) is 2.63. The number of rotatable bonds is 2. The van der Waals surface area contributed by atoms with Crippen LogP contribution in [-0.4, -0.2) is 17.6 Å². The molecular weight excluding hydrogens is 316 g/mol. The predicted molar refractivity (Wildman–Crippen MR) is 73.2 cm³/mol. The fourth-order valence-electron chi connectivity index (χ4n) is 2.08. The Kier molecular flexibility index (Phi) is 3.33. The van der Waals surface area contributed by atoms with Crippen molar-refractivity contribution in [1.82, 2.24) is 9.19 Å². The lowest BCUT2D eigenvalue weighted by molar-refractivity contribution is 0.578. The number of nitrogens with zero attached hydrogens (tertiary/aromatic N) is 2. The van der Waals surface area contributed by atoms with Crippen LogP contribution in [-0.2, 0) is 10.0 Å². The Morgan fingerprint density at radius 3 is 2.17 bits per heavy atom. The first kappa shape index (κ1) is 13.3. The SMILES string of the molecule is Cc1cc(C)c(S(=O)(=O)n2cc(Br)cn2)c(C)c1.